The molecule has 2 N–H and O–H groups in total. The van der Waals surface area contributed by atoms with Crippen molar-refractivity contribution < 1.29 is 4.74 Å². The number of ether oxygens (including phenoxy) is 1. The predicted octanol–water partition coefficient (Wildman–Crippen LogP) is 5.04. The molecule has 0 bridgehead atoms. The maximum absolute atomic E-state index is 5.80. The number of rotatable bonds is 13. The Hall–Kier alpha value is -2.65. The fraction of sp³-hybridized carbons (Fsp3) is 0.522. The lowest BCUT2D eigenvalue weighted by Gasteiger charge is -2.07. The van der Waals surface area contributed by atoms with Crippen molar-refractivity contribution in [2.45, 2.75) is 71.4 Å². The summed E-state index contributed by atoms with van der Waals surface area (Å²) in [5.41, 5.74) is 2.63. The van der Waals surface area contributed by atoms with E-state index in [4.69, 9.17) is 4.74 Å². The Morgan fingerprint density at radius 3 is 2.69 bits per heavy atom. The SMILES string of the molecule is CCCCCCCOc1nc(C)cc(-c2cnc(Nc3cnc(CNC4CC4)cn3)s2)n1. The van der Waals surface area contributed by atoms with Crippen LogP contribution in [0.1, 0.15) is 63.3 Å². The van der Waals surface area contributed by atoms with Gasteiger partial charge in [-0.05, 0) is 32.3 Å². The molecule has 3 aromatic heterocycles. The molecule has 4 rings (SSSR count). The van der Waals surface area contributed by atoms with Gasteiger partial charge in [0.2, 0.25) is 0 Å². The third kappa shape index (κ3) is 6.93. The summed E-state index contributed by atoms with van der Waals surface area (Å²) < 4.78 is 5.80. The zero-order chi connectivity index (χ0) is 22.2. The van der Waals surface area contributed by atoms with Crippen molar-refractivity contribution in [2.75, 3.05) is 11.9 Å². The fourth-order valence-electron chi connectivity index (χ4n) is 3.21. The highest BCUT2D eigenvalue weighted by Crippen LogP contribution is 2.30. The summed E-state index contributed by atoms with van der Waals surface area (Å²) in [6.45, 7) is 5.58. The van der Waals surface area contributed by atoms with E-state index in [-0.39, 0.29) is 0 Å². The van der Waals surface area contributed by atoms with Crippen LogP contribution in [0.15, 0.2) is 24.7 Å². The van der Waals surface area contributed by atoms with Crippen LogP contribution in [0.4, 0.5) is 10.9 Å². The topological polar surface area (TPSA) is 97.7 Å². The van der Waals surface area contributed by atoms with Crippen molar-refractivity contribution in [3.8, 4) is 16.6 Å². The zero-order valence-corrected chi connectivity index (χ0v) is 19.6. The molecular weight excluding hydrogens is 422 g/mol. The molecule has 32 heavy (non-hydrogen) atoms. The van der Waals surface area contributed by atoms with E-state index in [0.717, 1.165) is 40.1 Å². The summed E-state index contributed by atoms with van der Waals surface area (Å²) in [5.74, 6) is 0.673. The van der Waals surface area contributed by atoms with Gasteiger partial charge in [0.15, 0.2) is 10.9 Å². The molecule has 1 saturated carbocycles. The van der Waals surface area contributed by atoms with Crippen LogP contribution in [-0.4, -0.2) is 37.6 Å². The van der Waals surface area contributed by atoms with Gasteiger partial charge in [-0.15, -0.1) is 0 Å². The summed E-state index contributed by atoms with van der Waals surface area (Å²) in [5, 5.41) is 7.41. The minimum Gasteiger partial charge on any atom is -0.463 e. The van der Waals surface area contributed by atoms with E-state index in [1.165, 1.54) is 49.9 Å². The third-order valence-corrected chi connectivity index (χ3v) is 6.10. The molecule has 0 atom stereocenters. The lowest BCUT2D eigenvalue weighted by atomic mass is 10.2. The van der Waals surface area contributed by atoms with Gasteiger partial charge in [0.05, 0.1) is 35.3 Å². The number of aryl methyl sites for hydroxylation is 1. The maximum Gasteiger partial charge on any atom is 0.317 e. The number of hydrogen-bond acceptors (Lipinski definition) is 9. The number of unbranched alkanes of at least 4 members (excludes halogenated alkanes) is 4. The van der Waals surface area contributed by atoms with Crippen molar-refractivity contribution in [3.05, 3.63) is 36.0 Å². The minimum absolute atomic E-state index is 0.430. The van der Waals surface area contributed by atoms with Gasteiger partial charge in [-0.1, -0.05) is 43.9 Å². The first-order chi connectivity index (χ1) is 15.7. The van der Waals surface area contributed by atoms with Crippen molar-refractivity contribution in [1.29, 1.82) is 0 Å². The highest BCUT2D eigenvalue weighted by molar-refractivity contribution is 7.18. The fourth-order valence-corrected chi connectivity index (χ4v) is 3.99. The molecule has 3 aromatic rings. The van der Waals surface area contributed by atoms with Crippen LogP contribution in [0.2, 0.25) is 0 Å². The van der Waals surface area contributed by atoms with Gasteiger partial charge < -0.3 is 15.4 Å². The Morgan fingerprint density at radius 1 is 1.03 bits per heavy atom. The van der Waals surface area contributed by atoms with Crippen LogP contribution < -0.4 is 15.4 Å². The van der Waals surface area contributed by atoms with Gasteiger partial charge in [0, 0.05) is 24.5 Å². The molecule has 0 unspecified atom stereocenters. The summed E-state index contributed by atoms with van der Waals surface area (Å²) in [6, 6.07) is 3.04. The van der Waals surface area contributed by atoms with Crippen molar-refractivity contribution >= 4 is 22.3 Å². The number of aromatic nitrogens is 5. The summed E-state index contributed by atoms with van der Waals surface area (Å²) in [4.78, 5) is 23.3. The first-order valence-electron chi connectivity index (χ1n) is 11.5. The minimum atomic E-state index is 0.430. The molecule has 0 amide bonds. The monoisotopic (exact) mass is 453 g/mol. The van der Waals surface area contributed by atoms with E-state index < -0.39 is 0 Å². The van der Waals surface area contributed by atoms with Gasteiger partial charge >= 0.3 is 6.01 Å². The highest BCUT2D eigenvalue weighted by atomic mass is 32.1. The molecule has 9 heteroatoms. The molecule has 0 aromatic carbocycles. The second kappa shape index (κ2) is 11.3. The number of nitrogens with zero attached hydrogens (tertiary/aromatic N) is 5. The molecular formula is C23H31N7OS. The van der Waals surface area contributed by atoms with Gasteiger partial charge in [0.25, 0.3) is 0 Å². The first kappa shape index (κ1) is 22.5. The second-order valence-corrected chi connectivity index (χ2v) is 9.17. The van der Waals surface area contributed by atoms with E-state index in [1.54, 1.807) is 12.4 Å². The van der Waals surface area contributed by atoms with E-state index >= 15 is 0 Å². The van der Waals surface area contributed by atoms with Crippen LogP contribution in [-0.2, 0) is 6.54 Å². The van der Waals surface area contributed by atoms with Gasteiger partial charge in [0.1, 0.15) is 0 Å². The maximum atomic E-state index is 5.80. The molecule has 1 aliphatic carbocycles. The smallest absolute Gasteiger partial charge is 0.317 e. The lowest BCUT2D eigenvalue weighted by molar-refractivity contribution is 0.281. The predicted molar refractivity (Wildman–Crippen MR) is 127 cm³/mol. The Morgan fingerprint density at radius 2 is 1.91 bits per heavy atom. The van der Waals surface area contributed by atoms with Gasteiger partial charge in [-0.3, -0.25) is 4.98 Å². The van der Waals surface area contributed by atoms with E-state index in [0.29, 0.717) is 24.5 Å². The molecule has 0 aliphatic heterocycles. The standard InChI is InChI=1S/C23H31N7OS/c1-3-4-5-6-7-10-31-22-28-16(2)11-19(29-22)20-14-27-23(32-20)30-21-15-25-18(13-26-21)12-24-17-8-9-17/h11,13-15,17,24H,3-10,12H2,1-2H3,(H,26,27,30). The van der Waals surface area contributed by atoms with Crippen molar-refractivity contribution in [1.82, 2.24) is 30.2 Å². The van der Waals surface area contributed by atoms with Crippen molar-refractivity contribution in [3.63, 3.8) is 0 Å². The molecule has 1 fully saturated rings. The van der Waals surface area contributed by atoms with Crippen LogP contribution in [0, 0.1) is 6.92 Å². The largest absolute Gasteiger partial charge is 0.463 e. The number of anilines is 2. The number of hydrogen-bond donors (Lipinski definition) is 2. The van der Waals surface area contributed by atoms with Crippen LogP contribution in [0.3, 0.4) is 0 Å². The van der Waals surface area contributed by atoms with Crippen LogP contribution >= 0.6 is 11.3 Å². The Kier molecular flexibility index (Phi) is 7.95. The van der Waals surface area contributed by atoms with Gasteiger partial charge in [-0.2, -0.15) is 4.98 Å². The summed E-state index contributed by atoms with van der Waals surface area (Å²) >= 11 is 1.51. The molecule has 3 heterocycles. The molecule has 0 spiro atoms. The molecule has 170 valence electrons. The van der Waals surface area contributed by atoms with E-state index in [1.807, 2.05) is 19.2 Å². The van der Waals surface area contributed by atoms with Crippen LogP contribution in [0.5, 0.6) is 6.01 Å². The number of thiazole rings is 1. The average molecular weight is 454 g/mol. The number of nitrogens with one attached hydrogen (secondary N) is 2. The quantitative estimate of drug-likeness (QED) is 0.347. The zero-order valence-electron chi connectivity index (χ0n) is 18.8. The normalized spacial score (nSPS) is 13.3. The first-order valence-corrected chi connectivity index (χ1v) is 12.3. The molecule has 0 saturated heterocycles. The van der Waals surface area contributed by atoms with Gasteiger partial charge in [-0.25, -0.2) is 15.0 Å². The Labute approximate surface area is 193 Å². The molecule has 8 nitrogen and oxygen atoms in total. The Bertz CT molecular complexity index is 988. The second-order valence-electron chi connectivity index (χ2n) is 8.14. The van der Waals surface area contributed by atoms with E-state index in [9.17, 15) is 0 Å². The third-order valence-electron chi connectivity index (χ3n) is 5.16. The summed E-state index contributed by atoms with van der Waals surface area (Å²) in [7, 11) is 0. The lowest BCUT2D eigenvalue weighted by Crippen LogP contribution is -2.16. The van der Waals surface area contributed by atoms with E-state index in [2.05, 4.69) is 42.5 Å². The molecule has 0 radical (unpaired) electrons. The Balaban J connectivity index is 1.32. The molecule has 1 aliphatic rings. The van der Waals surface area contributed by atoms with Crippen molar-refractivity contribution in [2.24, 2.45) is 0 Å². The summed E-state index contributed by atoms with van der Waals surface area (Å²) in [6.07, 6.45) is 13.8. The van der Waals surface area contributed by atoms with Crippen LogP contribution in [0.25, 0.3) is 10.6 Å². The average Bonchev–Trinajstić information content (AvgIpc) is 3.51. The highest BCUT2D eigenvalue weighted by Gasteiger charge is 2.20.